The van der Waals surface area contributed by atoms with Crippen LogP contribution in [0.2, 0.25) is 0 Å². The maximum Gasteiger partial charge on any atom is 0.255 e. The Morgan fingerprint density at radius 3 is 2.64 bits per heavy atom. The number of fused-ring (bicyclic) bond motifs is 1. The molecule has 4 heteroatoms. The molecule has 2 N–H and O–H groups in total. The largest absolute Gasteiger partial charge is 0.322 e. The first kappa shape index (κ1) is 16.5. The molecule has 0 radical (unpaired) electrons. The number of carbonyl (C=O) groups excluding carboxylic acids is 1. The number of nitrogens with one attached hydrogen (secondary N) is 2. The van der Waals surface area contributed by atoms with Crippen molar-refractivity contribution in [2.75, 3.05) is 5.32 Å². The lowest BCUT2D eigenvalue weighted by Crippen LogP contribution is -2.12. The lowest BCUT2D eigenvalue weighted by atomic mass is 10.0. The van der Waals surface area contributed by atoms with E-state index >= 15 is 0 Å². The van der Waals surface area contributed by atoms with Gasteiger partial charge in [0.1, 0.15) is 0 Å². The number of anilines is 1. The lowest BCUT2D eigenvalue weighted by Gasteiger charge is -2.10. The van der Waals surface area contributed by atoms with E-state index in [1.807, 2.05) is 36.4 Å². The van der Waals surface area contributed by atoms with Crippen LogP contribution in [0.5, 0.6) is 0 Å². The molecule has 116 valence electrons. The molecule has 3 rings (SSSR count). The van der Waals surface area contributed by atoms with Gasteiger partial charge in [0, 0.05) is 24.3 Å². The predicted octanol–water partition coefficient (Wildman–Crippen LogP) is 4.09. The summed E-state index contributed by atoms with van der Waals surface area (Å²) < 4.78 is 0. The van der Waals surface area contributed by atoms with Crippen molar-refractivity contribution in [3.63, 3.8) is 0 Å². The van der Waals surface area contributed by atoms with Crippen molar-refractivity contribution in [3.8, 4) is 0 Å². The van der Waals surface area contributed by atoms with Crippen LogP contribution in [-0.2, 0) is 13.1 Å². The summed E-state index contributed by atoms with van der Waals surface area (Å²) in [5.41, 5.74) is 5.30. The molecule has 0 aliphatic carbocycles. The third kappa shape index (κ3) is 3.49. The smallest absolute Gasteiger partial charge is 0.255 e. The molecule has 0 aromatic heterocycles. The summed E-state index contributed by atoms with van der Waals surface area (Å²) in [4.78, 5) is 12.4. The van der Waals surface area contributed by atoms with Gasteiger partial charge in [-0.25, -0.2) is 0 Å². The number of carbonyl (C=O) groups is 1. The molecule has 0 unspecified atom stereocenters. The molecule has 1 aliphatic heterocycles. The third-order valence-electron chi connectivity index (χ3n) is 3.91. The van der Waals surface area contributed by atoms with Crippen molar-refractivity contribution in [3.05, 3.63) is 64.7 Å². The van der Waals surface area contributed by atoms with Gasteiger partial charge in [0.25, 0.3) is 5.91 Å². The van der Waals surface area contributed by atoms with Gasteiger partial charge < -0.3 is 10.6 Å². The molecule has 0 fully saturated rings. The van der Waals surface area contributed by atoms with Crippen molar-refractivity contribution in [2.45, 2.75) is 32.9 Å². The molecule has 2 aromatic rings. The summed E-state index contributed by atoms with van der Waals surface area (Å²) in [5.74, 6) is 0.401. The van der Waals surface area contributed by atoms with Crippen LogP contribution in [0.1, 0.15) is 46.8 Å². The predicted molar refractivity (Wildman–Crippen MR) is 92.7 cm³/mol. The molecule has 22 heavy (non-hydrogen) atoms. The third-order valence-corrected chi connectivity index (χ3v) is 3.91. The molecular weight excluding hydrogens is 296 g/mol. The van der Waals surface area contributed by atoms with Crippen LogP contribution < -0.4 is 10.6 Å². The Bertz CT molecular complexity index is 683. The highest BCUT2D eigenvalue weighted by atomic mass is 35.5. The van der Waals surface area contributed by atoms with E-state index in [0.717, 1.165) is 18.8 Å². The van der Waals surface area contributed by atoms with E-state index < -0.39 is 0 Å². The molecule has 0 saturated heterocycles. The van der Waals surface area contributed by atoms with Gasteiger partial charge in [-0.2, -0.15) is 0 Å². The van der Waals surface area contributed by atoms with Gasteiger partial charge in [-0.15, -0.1) is 12.4 Å². The fourth-order valence-corrected chi connectivity index (χ4v) is 2.61. The molecule has 1 aliphatic rings. The van der Waals surface area contributed by atoms with Crippen molar-refractivity contribution < 1.29 is 4.79 Å². The number of halogens is 1. The second-order valence-electron chi connectivity index (χ2n) is 5.82. The van der Waals surface area contributed by atoms with Crippen LogP contribution in [0, 0.1) is 0 Å². The quantitative estimate of drug-likeness (QED) is 0.895. The SMILES string of the molecule is CC(C)c1cccc(NC(=O)c2ccc3c(c2)CNC3)c1.Cl. The highest BCUT2D eigenvalue weighted by Crippen LogP contribution is 2.20. The molecule has 0 saturated carbocycles. The van der Waals surface area contributed by atoms with E-state index in [4.69, 9.17) is 0 Å². The van der Waals surface area contributed by atoms with Crippen molar-refractivity contribution in [1.29, 1.82) is 0 Å². The lowest BCUT2D eigenvalue weighted by molar-refractivity contribution is 0.102. The maximum atomic E-state index is 12.4. The van der Waals surface area contributed by atoms with Gasteiger partial charge in [-0.1, -0.05) is 32.0 Å². The Morgan fingerprint density at radius 2 is 1.86 bits per heavy atom. The van der Waals surface area contributed by atoms with Gasteiger partial charge in [-0.05, 0) is 46.9 Å². The second kappa shape index (κ2) is 6.95. The summed E-state index contributed by atoms with van der Waals surface area (Å²) in [6.07, 6.45) is 0. The number of amides is 1. The highest BCUT2D eigenvalue weighted by molar-refractivity contribution is 6.04. The maximum absolute atomic E-state index is 12.4. The Morgan fingerprint density at radius 1 is 1.09 bits per heavy atom. The average molecular weight is 317 g/mol. The molecule has 0 spiro atoms. The first-order valence-electron chi connectivity index (χ1n) is 7.37. The molecule has 0 bridgehead atoms. The standard InChI is InChI=1S/C18H20N2O.ClH/c1-12(2)13-4-3-5-17(9-13)20-18(21)14-6-7-15-10-19-11-16(15)8-14;/h3-9,12,19H,10-11H2,1-2H3,(H,20,21);1H. The zero-order valence-corrected chi connectivity index (χ0v) is 13.7. The molecular formula is C18H21ClN2O. The number of hydrogen-bond acceptors (Lipinski definition) is 2. The summed E-state index contributed by atoms with van der Waals surface area (Å²) >= 11 is 0. The Labute approximate surface area is 137 Å². The van der Waals surface area contributed by atoms with Gasteiger partial charge >= 0.3 is 0 Å². The van der Waals surface area contributed by atoms with E-state index in [0.29, 0.717) is 11.5 Å². The molecule has 3 nitrogen and oxygen atoms in total. The van der Waals surface area contributed by atoms with Crippen LogP contribution in [0.15, 0.2) is 42.5 Å². The summed E-state index contributed by atoms with van der Waals surface area (Å²) in [5, 5.41) is 6.28. The molecule has 0 atom stereocenters. The first-order chi connectivity index (χ1) is 10.1. The molecule has 1 heterocycles. The fraction of sp³-hybridized carbons (Fsp3) is 0.278. The first-order valence-corrected chi connectivity index (χ1v) is 7.37. The van der Waals surface area contributed by atoms with Crippen molar-refractivity contribution in [2.24, 2.45) is 0 Å². The summed E-state index contributed by atoms with van der Waals surface area (Å²) in [6.45, 7) is 6.04. The van der Waals surface area contributed by atoms with Crippen LogP contribution in [0.4, 0.5) is 5.69 Å². The average Bonchev–Trinajstić information content (AvgIpc) is 2.94. The monoisotopic (exact) mass is 316 g/mol. The van der Waals surface area contributed by atoms with Crippen molar-refractivity contribution >= 4 is 24.0 Å². The van der Waals surface area contributed by atoms with Gasteiger partial charge in [0.15, 0.2) is 0 Å². The van der Waals surface area contributed by atoms with Crippen LogP contribution in [0.25, 0.3) is 0 Å². The molecule has 1 amide bonds. The van der Waals surface area contributed by atoms with E-state index in [-0.39, 0.29) is 18.3 Å². The summed E-state index contributed by atoms with van der Waals surface area (Å²) in [7, 11) is 0. The van der Waals surface area contributed by atoms with E-state index in [9.17, 15) is 4.79 Å². The van der Waals surface area contributed by atoms with E-state index in [2.05, 4.69) is 30.5 Å². The van der Waals surface area contributed by atoms with Crippen LogP contribution in [-0.4, -0.2) is 5.91 Å². The number of benzene rings is 2. The minimum Gasteiger partial charge on any atom is -0.322 e. The Kier molecular flexibility index (Phi) is 5.22. The zero-order chi connectivity index (χ0) is 14.8. The minimum atomic E-state index is -0.0504. The van der Waals surface area contributed by atoms with Crippen LogP contribution >= 0.6 is 12.4 Å². The molecule has 2 aromatic carbocycles. The van der Waals surface area contributed by atoms with Gasteiger partial charge in [0.05, 0.1) is 0 Å². The Hall–Kier alpha value is -1.84. The highest BCUT2D eigenvalue weighted by Gasteiger charge is 2.13. The zero-order valence-electron chi connectivity index (χ0n) is 12.8. The normalized spacial score (nSPS) is 12.7. The topological polar surface area (TPSA) is 41.1 Å². The van der Waals surface area contributed by atoms with E-state index in [1.165, 1.54) is 16.7 Å². The minimum absolute atomic E-state index is 0. The fourth-order valence-electron chi connectivity index (χ4n) is 2.61. The number of rotatable bonds is 3. The summed E-state index contributed by atoms with van der Waals surface area (Å²) in [6, 6.07) is 14.0. The van der Waals surface area contributed by atoms with Crippen molar-refractivity contribution in [1.82, 2.24) is 5.32 Å². The van der Waals surface area contributed by atoms with Gasteiger partial charge in [0.2, 0.25) is 0 Å². The van der Waals surface area contributed by atoms with Crippen LogP contribution in [0.3, 0.4) is 0 Å². The van der Waals surface area contributed by atoms with Gasteiger partial charge in [-0.3, -0.25) is 4.79 Å². The van der Waals surface area contributed by atoms with E-state index in [1.54, 1.807) is 0 Å². The number of hydrogen-bond donors (Lipinski definition) is 2. The second-order valence-corrected chi connectivity index (χ2v) is 5.82. The Balaban J connectivity index is 0.00000176.